The van der Waals surface area contributed by atoms with Crippen LogP contribution in [0.2, 0.25) is 0 Å². The minimum absolute atomic E-state index is 0.0294. The number of aliphatic carboxylic acids is 1. The van der Waals surface area contributed by atoms with Gasteiger partial charge in [-0.2, -0.15) is 0 Å². The first kappa shape index (κ1) is 10.1. The van der Waals surface area contributed by atoms with E-state index < -0.39 is 12.0 Å². The van der Waals surface area contributed by atoms with Gasteiger partial charge in [-0.25, -0.2) is 0 Å². The topological polar surface area (TPSA) is 66.2 Å². The summed E-state index contributed by atoms with van der Waals surface area (Å²) in [6, 6.07) is -0.831. The molecule has 5 heteroatoms. The number of carbonyl (C=O) groups excluding carboxylic acids is 1. The molecule has 0 saturated carbocycles. The van der Waals surface area contributed by atoms with Gasteiger partial charge in [0.15, 0.2) is 0 Å². The molecule has 0 radical (unpaired) electrons. The molecule has 0 rings (SSSR count). The maximum absolute atomic E-state index is 10.1. The largest absolute Gasteiger partial charge is 0.548 e. The van der Waals surface area contributed by atoms with Crippen LogP contribution in [0.15, 0.2) is 0 Å². The first-order chi connectivity index (χ1) is 4.54. The molecular formula is C5H11NO2S2. The molecule has 3 nitrogen and oxygen atoms in total. The second kappa shape index (κ2) is 4.87. The van der Waals surface area contributed by atoms with E-state index in [1.807, 2.05) is 6.26 Å². The number of hydrogen-bond acceptors (Lipinski definition) is 4. The third-order valence-corrected chi connectivity index (χ3v) is 2.40. The molecule has 0 saturated heterocycles. The Kier molecular flexibility index (Phi) is 4.93. The maximum atomic E-state index is 10.1. The summed E-state index contributed by atoms with van der Waals surface area (Å²) >= 11 is 4.10. The van der Waals surface area contributed by atoms with Gasteiger partial charge in [-0.1, -0.05) is 0 Å². The van der Waals surface area contributed by atoms with Gasteiger partial charge in [0.25, 0.3) is 0 Å². The Morgan fingerprint density at radius 1 is 1.90 bits per heavy atom. The summed E-state index contributed by atoms with van der Waals surface area (Å²) in [5.74, 6) is -0.447. The van der Waals surface area contributed by atoms with Gasteiger partial charge in [0.1, 0.15) is 12.0 Å². The van der Waals surface area contributed by atoms with Crippen molar-refractivity contribution in [3.05, 3.63) is 0 Å². The van der Waals surface area contributed by atoms with Crippen LogP contribution in [0.25, 0.3) is 0 Å². The van der Waals surface area contributed by atoms with Crippen LogP contribution in [0.4, 0.5) is 0 Å². The van der Waals surface area contributed by atoms with Crippen molar-refractivity contribution in [3.63, 3.8) is 0 Å². The molecule has 0 spiro atoms. The Labute approximate surface area is 68.1 Å². The van der Waals surface area contributed by atoms with Crippen LogP contribution in [0.3, 0.4) is 0 Å². The SMILES string of the molecule is C[S+](S)CC[C@H](N)C(=O)[O-]. The van der Waals surface area contributed by atoms with Gasteiger partial charge in [0.05, 0.1) is 27.6 Å². The summed E-state index contributed by atoms with van der Waals surface area (Å²) in [4.78, 5) is 10.1. The van der Waals surface area contributed by atoms with E-state index in [4.69, 9.17) is 5.73 Å². The Morgan fingerprint density at radius 2 is 2.40 bits per heavy atom. The highest BCUT2D eigenvalue weighted by atomic mass is 33.1. The summed E-state index contributed by atoms with van der Waals surface area (Å²) in [7, 11) is -0.0294. The molecule has 2 atom stereocenters. The van der Waals surface area contributed by atoms with Crippen molar-refractivity contribution in [1.29, 1.82) is 0 Å². The number of rotatable bonds is 4. The normalized spacial score (nSPS) is 16.3. The predicted octanol–water partition coefficient (Wildman–Crippen LogP) is -1.45. The number of carbonyl (C=O) groups is 1. The molecule has 0 aliphatic rings. The molecule has 10 heavy (non-hydrogen) atoms. The van der Waals surface area contributed by atoms with Crippen molar-refractivity contribution in [1.82, 2.24) is 0 Å². The van der Waals surface area contributed by atoms with Crippen LogP contribution >= 0.6 is 11.7 Å². The molecule has 1 unspecified atom stereocenters. The van der Waals surface area contributed by atoms with Crippen molar-refractivity contribution >= 4 is 27.6 Å². The summed E-state index contributed by atoms with van der Waals surface area (Å²) in [6.07, 6.45) is 2.37. The third kappa shape index (κ3) is 4.96. The molecule has 0 aromatic carbocycles. The van der Waals surface area contributed by atoms with Crippen LogP contribution in [0.1, 0.15) is 6.42 Å². The highest BCUT2D eigenvalue weighted by Gasteiger charge is 2.09. The number of hydrogen-bond donors (Lipinski definition) is 2. The molecule has 60 valence electrons. The highest BCUT2D eigenvalue weighted by Crippen LogP contribution is 2.00. The molecule has 0 aromatic rings. The molecule has 0 aromatic heterocycles. The summed E-state index contributed by atoms with van der Waals surface area (Å²) in [5.41, 5.74) is 5.17. The Bertz CT molecular complexity index is 118. The first-order valence-corrected chi connectivity index (χ1v) is 5.67. The minimum atomic E-state index is -1.18. The third-order valence-electron chi connectivity index (χ3n) is 1.03. The van der Waals surface area contributed by atoms with Gasteiger partial charge in [0.2, 0.25) is 0 Å². The summed E-state index contributed by atoms with van der Waals surface area (Å²) in [5, 5.41) is 10.1. The van der Waals surface area contributed by atoms with Gasteiger partial charge >= 0.3 is 0 Å². The van der Waals surface area contributed by atoms with Crippen molar-refractivity contribution < 1.29 is 9.90 Å². The lowest BCUT2D eigenvalue weighted by atomic mass is 10.2. The molecule has 0 aliphatic heterocycles. The van der Waals surface area contributed by atoms with Crippen molar-refractivity contribution in [2.24, 2.45) is 5.73 Å². The lowest BCUT2D eigenvalue weighted by molar-refractivity contribution is -0.307. The predicted molar refractivity (Wildman–Crippen MR) is 44.7 cm³/mol. The molecule has 0 fully saturated rings. The van der Waals surface area contributed by atoms with Gasteiger partial charge in [0, 0.05) is 12.5 Å². The first-order valence-electron chi connectivity index (χ1n) is 2.82. The van der Waals surface area contributed by atoms with Crippen LogP contribution in [0.5, 0.6) is 0 Å². The second-order valence-electron chi connectivity index (χ2n) is 2.02. The van der Waals surface area contributed by atoms with E-state index in [1.54, 1.807) is 0 Å². The number of thiol groups is 1. The van der Waals surface area contributed by atoms with Gasteiger partial charge in [-0.05, 0) is 0 Å². The average molecular weight is 181 g/mol. The fraction of sp³-hybridized carbons (Fsp3) is 0.800. The molecule has 0 amide bonds. The van der Waals surface area contributed by atoms with E-state index in [0.29, 0.717) is 6.42 Å². The van der Waals surface area contributed by atoms with E-state index in [0.717, 1.165) is 5.75 Å². The zero-order valence-corrected chi connectivity index (χ0v) is 7.45. The molecule has 0 bridgehead atoms. The summed E-state index contributed by atoms with van der Waals surface area (Å²) in [6.45, 7) is 0. The Hall–Kier alpha value is 0.130. The van der Waals surface area contributed by atoms with E-state index in [1.165, 1.54) is 0 Å². The van der Waals surface area contributed by atoms with E-state index >= 15 is 0 Å². The quantitative estimate of drug-likeness (QED) is 0.317. The van der Waals surface area contributed by atoms with E-state index in [9.17, 15) is 9.90 Å². The lowest BCUT2D eigenvalue weighted by Crippen LogP contribution is -2.42. The smallest absolute Gasteiger partial charge is 0.121 e. The summed E-state index contributed by atoms with van der Waals surface area (Å²) < 4.78 is 0. The van der Waals surface area contributed by atoms with Crippen molar-refractivity contribution in [3.8, 4) is 0 Å². The number of carboxylic acids is 1. The molecule has 0 aliphatic carbocycles. The fourth-order valence-corrected chi connectivity index (χ4v) is 1.33. The van der Waals surface area contributed by atoms with Crippen LogP contribution < -0.4 is 10.8 Å². The zero-order valence-electron chi connectivity index (χ0n) is 5.74. The van der Waals surface area contributed by atoms with Crippen molar-refractivity contribution in [2.75, 3.05) is 12.0 Å². The van der Waals surface area contributed by atoms with Crippen LogP contribution in [-0.2, 0) is 14.7 Å². The number of nitrogens with two attached hydrogens (primary N) is 1. The highest BCUT2D eigenvalue weighted by molar-refractivity contribution is 8.65. The molecule has 0 heterocycles. The minimum Gasteiger partial charge on any atom is -0.548 e. The van der Waals surface area contributed by atoms with Gasteiger partial charge in [-0.3, -0.25) is 0 Å². The van der Waals surface area contributed by atoms with Gasteiger partial charge < -0.3 is 15.6 Å². The Balaban J connectivity index is 3.40. The monoisotopic (exact) mass is 181 g/mol. The molecule has 2 N–H and O–H groups in total. The standard InChI is InChI=1S/C5H11NO2S2/c1-10(9)3-2-4(6)5(7)8/h4,9H,2-3,6H2,1H3/t4-,10?/m0/s1. The Morgan fingerprint density at radius 3 is 2.70 bits per heavy atom. The number of carboxylic acid groups (broad SMARTS) is 1. The lowest BCUT2D eigenvalue weighted by Gasteiger charge is -2.09. The van der Waals surface area contributed by atoms with Crippen LogP contribution in [0, 0.1) is 0 Å². The van der Waals surface area contributed by atoms with Crippen LogP contribution in [-0.4, -0.2) is 24.0 Å². The maximum Gasteiger partial charge on any atom is 0.121 e. The second-order valence-corrected chi connectivity index (χ2v) is 5.50. The van der Waals surface area contributed by atoms with E-state index in [2.05, 4.69) is 11.7 Å². The fourth-order valence-electron chi connectivity index (χ4n) is 0.415. The average Bonchev–Trinajstić information content (AvgIpc) is 1.82. The van der Waals surface area contributed by atoms with Gasteiger partial charge in [-0.15, -0.1) is 0 Å². The zero-order chi connectivity index (χ0) is 8.15. The van der Waals surface area contributed by atoms with Crippen molar-refractivity contribution in [2.45, 2.75) is 12.5 Å². The molecular weight excluding hydrogens is 170 g/mol. The van der Waals surface area contributed by atoms with E-state index in [-0.39, 0.29) is 9.93 Å².